The Morgan fingerprint density at radius 2 is 1.67 bits per heavy atom. The molecule has 1 heterocycles. The van der Waals surface area contributed by atoms with E-state index < -0.39 is 17.4 Å². The topological polar surface area (TPSA) is 76.0 Å². The first-order chi connectivity index (χ1) is 11.5. The van der Waals surface area contributed by atoms with Gasteiger partial charge in [-0.3, -0.25) is 4.79 Å². The van der Waals surface area contributed by atoms with E-state index in [9.17, 15) is 9.59 Å². The van der Waals surface area contributed by atoms with Gasteiger partial charge >= 0.3 is 5.97 Å². The Morgan fingerprint density at radius 3 is 2.21 bits per heavy atom. The van der Waals surface area contributed by atoms with Gasteiger partial charge in [0.15, 0.2) is 5.43 Å². The molecule has 1 atom stereocenters. The van der Waals surface area contributed by atoms with E-state index in [1.54, 1.807) is 23.7 Å². The molecule has 0 aliphatic heterocycles. The maximum atomic E-state index is 13.1. The molecule has 3 rings (SSSR count). The van der Waals surface area contributed by atoms with Crippen LogP contribution < -0.4 is 5.43 Å². The number of carbonyl (C=O) groups excluding carboxylic acids is 1. The number of aryl methyl sites for hydroxylation is 1. The predicted octanol–water partition coefficient (Wildman–Crippen LogP) is 1.01. The van der Waals surface area contributed by atoms with Crippen molar-refractivity contribution in [3.05, 3.63) is 45.7 Å². The second-order valence-electron chi connectivity index (χ2n) is 5.53. The molecule has 7 heteroatoms. The number of pyridine rings is 1. The minimum absolute atomic E-state index is 0.168. The fourth-order valence-electron chi connectivity index (χ4n) is 3.73. The van der Waals surface area contributed by atoms with Gasteiger partial charge in [-0.2, -0.15) is 0 Å². The molecule has 0 fully saturated rings. The van der Waals surface area contributed by atoms with Gasteiger partial charge in [-0.1, -0.05) is 12.1 Å². The zero-order chi connectivity index (χ0) is 17.7. The Morgan fingerprint density at radius 1 is 1.04 bits per heavy atom. The van der Waals surface area contributed by atoms with Crippen molar-refractivity contribution >= 4 is 16.9 Å². The Balaban J connectivity index is 2.53. The summed E-state index contributed by atoms with van der Waals surface area (Å²) >= 11 is 0. The van der Waals surface area contributed by atoms with Crippen LogP contribution in [0.15, 0.2) is 29.1 Å². The fourth-order valence-corrected chi connectivity index (χ4v) is 3.73. The quantitative estimate of drug-likeness (QED) is 0.614. The van der Waals surface area contributed by atoms with E-state index in [0.717, 1.165) is 0 Å². The third-order valence-corrected chi connectivity index (χ3v) is 4.79. The van der Waals surface area contributed by atoms with Crippen molar-refractivity contribution in [3.8, 4) is 0 Å². The van der Waals surface area contributed by atoms with Crippen LogP contribution in [0.5, 0.6) is 0 Å². The molecule has 0 spiro atoms. The molecule has 0 saturated carbocycles. The summed E-state index contributed by atoms with van der Waals surface area (Å²) in [5, 5.41) is 0.477. The average molecular weight is 333 g/mol. The molecule has 1 aromatic carbocycles. The van der Waals surface area contributed by atoms with Crippen LogP contribution in [0.1, 0.15) is 11.3 Å². The van der Waals surface area contributed by atoms with E-state index in [1.165, 1.54) is 28.4 Å². The van der Waals surface area contributed by atoms with E-state index in [-0.39, 0.29) is 11.0 Å². The van der Waals surface area contributed by atoms with E-state index in [4.69, 9.17) is 18.9 Å². The van der Waals surface area contributed by atoms with E-state index in [0.29, 0.717) is 16.6 Å². The minimum Gasteiger partial charge on any atom is -0.466 e. The van der Waals surface area contributed by atoms with Gasteiger partial charge in [0.1, 0.15) is 0 Å². The predicted molar refractivity (Wildman–Crippen MR) is 85.6 cm³/mol. The smallest absolute Gasteiger partial charge is 0.349 e. The van der Waals surface area contributed by atoms with Crippen LogP contribution in [0.3, 0.4) is 0 Å². The van der Waals surface area contributed by atoms with Crippen LogP contribution >= 0.6 is 0 Å². The number of methoxy groups -OCH3 is 4. The molecule has 7 nitrogen and oxygen atoms in total. The number of para-hydroxylation sites is 1. The highest BCUT2D eigenvalue weighted by atomic mass is 16.7. The first kappa shape index (κ1) is 16.6. The molecule has 24 heavy (non-hydrogen) atoms. The Bertz CT molecular complexity index is 883. The first-order valence-corrected chi connectivity index (χ1v) is 7.33. The summed E-state index contributed by atoms with van der Waals surface area (Å²) in [6.07, 6.45) is 0. The fraction of sp³-hybridized carbons (Fsp3) is 0.412. The number of esters is 1. The lowest BCUT2D eigenvalue weighted by Crippen LogP contribution is -2.69. The maximum Gasteiger partial charge on any atom is 0.349 e. The highest BCUT2D eigenvalue weighted by Gasteiger charge is 2.75. The van der Waals surface area contributed by atoms with E-state index in [1.807, 2.05) is 12.1 Å². The lowest BCUT2D eigenvalue weighted by molar-refractivity contribution is -0.344. The van der Waals surface area contributed by atoms with Crippen molar-refractivity contribution in [1.82, 2.24) is 4.57 Å². The molecular weight excluding hydrogens is 314 g/mol. The van der Waals surface area contributed by atoms with Crippen LogP contribution in [0.2, 0.25) is 0 Å². The van der Waals surface area contributed by atoms with E-state index in [2.05, 4.69) is 0 Å². The first-order valence-electron chi connectivity index (χ1n) is 7.33. The summed E-state index contributed by atoms with van der Waals surface area (Å²) in [5.74, 6) is -2.34. The third-order valence-electron chi connectivity index (χ3n) is 4.79. The molecule has 0 saturated heterocycles. The van der Waals surface area contributed by atoms with Crippen molar-refractivity contribution in [2.75, 3.05) is 28.4 Å². The molecule has 0 radical (unpaired) electrons. The summed E-state index contributed by atoms with van der Waals surface area (Å²) < 4.78 is 23.3. The zero-order valence-electron chi connectivity index (χ0n) is 14.2. The second-order valence-corrected chi connectivity index (χ2v) is 5.53. The van der Waals surface area contributed by atoms with Crippen LogP contribution in [0, 0.1) is 0 Å². The lowest BCUT2D eigenvalue weighted by Gasteiger charge is -2.54. The highest BCUT2D eigenvalue weighted by molar-refractivity contribution is 5.91. The highest BCUT2D eigenvalue weighted by Crippen LogP contribution is 2.57. The van der Waals surface area contributed by atoms with Gasteiger partial charge in [-0.05, 0) is 12.1 Å². The monoisotopic (exact) mass is 333 g/mol. The minimum atomic E-state index is -1.79. The Labute approximate surface area is 138 Å². The molecule has 1 unspecified atom stereocenters. The zero-order valence-corrected chi connectivity index (χ0v) is 14.2. The molecule has 0 N–H and O–H groups in total. The number of carbonyl (C=O) groups is 1. The maximum absolute atomic E-state index is 13.1. The molecule has 1 aromatic heterocycles. The normalized spacial score (nSPS) is 21.2. The molecule has 2 aromatic rings. The van der Waals surface area contributed by atoms with Crippen molar-refractivity contribution in [2.24, 2.45) is 7.05 Å². The van der Waals surface area contributed by atoms with Crippen molar-refractivity contribution in [1.29, 1.82) is 0 Å². The van der Waals surface area contributed by atoms with Crippen molar-refractivity contribution in [3.63, 3.8) is 0 Å². The number of hydrogen-bond donors (Lipinski definition) is 0. The van der Waals surface area contributed by atoms with Crippen LogP contribution in [-0.2, 0) is 42.2 Å². The Hall–Kier alpha value is -2.22. The molecule has 0 bridgehead atoms. The number of ether oxygens (including phenoxy) is 4. The van der Waals surface area contributed by atoms with Gasteiger partial charge in [0.25, 0.3) is 11.4 Å². The van der Waals surface area contributed by atoms with Gasteiger partial charge < -0.3 is 23.5 Å². The lowest BCUT2D eigenvalue weighted by atomic mass is 9.68. The molecule has 1 aliphatic carbocycles. The third kappa shape index (κ3) is 1.56. The largest absolute Gasteiger partial charge is 0.466 e. The van der Waals surface area contributed by atoms with Crippen LogP contribution in [-0.4, -0.2) is 39.0 Å². The molecule has 1 aliphatic rings. The number of nitrogens with zero attached hydrogens (tertiary/aromatic N) is 1. The standard InChI is InChI=1S/C17H19NO6/c1-18-11-9-7-6-8-10(11)13(19)12-14(18)17(23-4,24-5)16(12,22-3)15(20)21-2/h6-9H,1-5H3. The summed E-state index contributed by atoms with van der Waals surface area (Å²) in [4.78, 5) is 25.6. The summed E-state index contributed by atoms with van der Waals surface area (Å²) in [5.41, 5.74) is -0.797. The van der Waals surface area contributed by atoms with Crippen LogP contribution in [0.4, 0.5) is 0 Å². The molecule has 0 amide bonds. The van der Waals surface area contributed by atoms with Crippen molar-refractivity contribution < 1.29 is 23.7 Å². The average Bonchev–Trinajstić information content (AvgIpc) is 2.61. The number of rotatable bonds is 4. The number of aromatic nitrogens is 1. The Kier molecular flexibility index (Phi) is 3.75. The van der Waals surface area contributed by atoms with Crippen LogP contribution in [0.25, 0.3) is 10.9 Å². The van der Waals surface area contributed by atoms with Gasteiger partial charge in [0.2, 0.25) is 0 Å². The summed E-state index contributed by atoms with van der Waals surface area (Å²) in [6.45, 7) is 0. The SMILES string of the molecule is COC(=O)C1(OC)c2c(n(C)c3ccccc3c2=O)C1(OC)OC. The molecular formula is C17H19NO6. The van der Waals surface area contributed by atoms with Gasteiger partial charge in [-0.25, -0.2) is 4.79 Å². The summed E-state index contributed by atoms with van der Waals surface area (Å²) in [7, 11) is 7.11. The van der Waals surface area contributed by atoms with Gasteiger partial charge in [-0.15, -0.1) is 0 Å². The number of hydrogen-bond acceptors (Lipinski definition) is 6. The second kappa shape index (κ2) is 5.41. The van der Waals surface area contributed by atoms with Crippen molar-refractivity contribution in [2.45, 2.75) is 11.4 Å². The van der Waals surface area contributed by atoms with Gasteiger partial charge in [0, 0.05) is 33.8 Å². The van der Waals surface area contributed by atoms with E-state index >= 15 is 0 Å². The van der Waals surface area contributed by atoms with Gasteiger partial charge in [0.05, 0.1) is 23.9 Å². The summed E-state index contributed by atoms with van der Waals surface area (Å²) in [6, 6.07) is 7.12. The molecule has 128 valence electrons. The number of benzene rings is 1. The number of fused-ring (bicyclic) bond motifs is 2.